The van der Waals surface area contributed by atoms with Gasteiger partial charge in [-0.1, -0.05) is 0 Å². The fraction of sp³-hybridized carbons (Fsp3) is 0.556. The Balaban J connectivity index is 1.88. The molecule has 0 radical (unpaired) electrons. The summed E-state index contributed by atoms with van der Waals surface area (Å²) in [6, 6.07) is 0. The van der Waals surface area contributed by atoms with Crippen molar-refractivity contribution in [2.45, 2.75) is 24.9 Å². The van der Waals surface area contributed by atoms with Gasteiger partial charge >= 0.3 is 0 Å². The number of nitrogens with two attached hydrogens (primary N) is 1. The van der Waals surface area contributed by atoms with Crippen LogP contribution < -0.4 is 11.1 Å². The zero-order chi connectivity index (χ0) is 12.4. The van der Waals surface area contributed by atoms with Crippen LogP contribution in [0.15, 0.2) is 0 Å². The number of hydrogen-bond donors (Lipinski definition) is 4. The molecule has 1 unspecified atom stereocenters. The molecule has 0 bridgehead atoms. The molecule has 92 valence electrons. The van der Waals surface area contributed by atoms with Crippen molar-refractivity contribution >= 4 is 11.8 Å². The molecule has 8 heteroatoms. The van der Waals surface area contributed by atoms with Gasteiger partial charge in [0.1, 0.15) is 11.9 Å². The first-order valence-corrected chi connectivity index (χ1v) is 5.26. The third kappa shape index (κ3) is 2.78. The topological polar surface area (TPSA) is 134 Å². The Bertz CT molecular complexity index is 440. The van der Waals surface area contributed by atoms with E-state index in [1.807, 2.05) is 0 Å². The van der Waals surface area contributed by atoms with E-state index in [1.54, 1.807) is 0 Å². The first kappa shape index (κ1) is 11.5. The van der Waals surface area contributed by atoms with Crippen LogP contribution in [0.3, 0.4) is 0 Å². The predicted octanol–water partition coefficient (Wildman–Crippen LogP) is -1.74. The summed E-state index contributed by atoms with van der Waals surface area (Å²) in [7, 11) is 0. The van der Waals surface area contributed by atoms with E-state index in [4.69, 9.17) is 10.8 Å². The minimum atomic E-state index is -1.40. The van der Waals surface area contributed by atoms with Gasteiger partial charge in [-0.25, -0.2) is 4.98 Å². The fourth-order valence-corrected chi connectivity index (χ4v) is 1.28. The minimum Gasteiger partial charge on any atom is -0.381 e. The average Bonchev–Trinajstić information content (AvgIpc) is 3.03. The summed E-state index contributed by atoms with van der Waals surface area (Å²) >= 11 is 0. The first-order valence-electron chi connectivity index (χ1n) is 5.26. The normalized spacial score (nSPS) is 16.5. The van der Waals surface area contributed by atoms with E-state index in [1.165, 1.54) is 0 Å². The molecule has 0 spiro atoms. The van der Waals surface area contributed by atoms with Gasteiger partial charge in [-0.05, 0) is 12.8 Å². The predicted molar refractivity (Wildman–Crippen MR) is 55.9 cm³/mol. The highest BCUT2D eigenvalue weighted by atomic mass is 16.3. The molecule has 2 amide bonds. The van der Waals surface area contributed by atoms with Gasteiger partial charge in [-0.3, -0.25) is 14.7 Å². The van der Waals surface area contributed by atoms with Crippen LogP contribution in [-0.2, 0) is 4.79 Å². The maximum atomic E-state index is 11.5. The van der Waals surface area contributed by atoms with E-state index in [0.717, 1.165) is 12.8 Å². The molecule has 1 aliphatic carbocycles. The van der Waals surface area contributed by atoms with Crippen molar-refractivity contribution in [3.8, 4) is 0 Å². The van der Waals surface area contributed by atoms with E-state index in [9.17, 15) is 9.59 Å². The van der Waals surface area contributed by atoms with Gasteiger partial charge in [-0.15, -0.1) is 5.10 Å². The molecule has 0 aromatic carbocycles. The lowest BCUT2D eigenvalue weighted by Crippen LogP contribution is -2.40. The SMILES string of the molecule is NC(=O)C(O)CNC(=O)c1n[nH]c(C2CC2)n1. The zero-order valence-electron chi connectivity index (χ0n) is 9.01. The standard InChI is InChI=1S/C9H13N5O3/c10-6(16)5(15)3-11-9(17)8-12-7(13-14-8)4-1-2-4/h4-5,15H,1-3H2,(H2,10,16)(H,11,17)(H,12,13,14). The number of aromatic nitrogens is 3. The second-order valence-electron chi connectivity index (χ2n) is 3.95. The lowest BCUT2D eigenvalue weighted by Gasteiger charge is -2.06. The van der Waals surface area contributed by atoms with Crippen LogP contribution in [0.1, 0.15) is 35.2 Å². The Morgan fingerprint density at radius 2 is 2.29 bits per heavy atom. The second-order valence-corrected chi connectivity index (χ2v) is 3.95. The summed E-state index contributed by atoms with van der Waals surface area (Å²) < 4.78 is 0. The summed E-state index contributed by atoms with van der Waals surface area (Å²) in [5.74, 6) is -0.359. The number of rotatable bonds is 5. The number of amides is 2. The van der Waals surface area contributed by atoms with E-state index in [-0.39, 0.29) is 12.4 Å². The van der Waals surface area contributed by atoms with Crippen molar-refractivity contribution in [1.82, 2.24) is 20.5 Å². The van der Waals surface area contributed by atoms with Crippen LogP contribution in [-0.4, -0.2) is 44.8 Å². The number of primary amides is 1. The third-order valence-corrected chi connectivity index (χ3v) is 2.45. The number of carbonyl (C=O) groups is 2. The summed E-state index contributed by atoms with van der Waals surface area (Å²) in [5.41, 5.74) is 4.84. The largest absolute Gasteiger partial charge is 0.381 e. The highest BCUT2D eigenvalue weighted by molar-refractivity contribution is 5.90. The number of aromatic amines is 1. The van der Waals surface area contributed by atoms with Crippen LogP contribution in [0.4, 0.5) is 0 Å². The van der Waals surface area contributed by atoms with Gasteiger partial charge in [0.15, 0.2) is 0 Å². The van der Waals surface area contributed by atoms with Crippen LogP contribution in [0.5, 0.6) is 0 Å². The molecule has 1 aliphatic rings. The summed E-state index contributed by atoms with van der Waals surface area (Å²) in [6.45, 7) is -0.249. The smallest absolute Gasteiger partial charge is 0.291 e. The van der Waals surface area contributed by atoms with Gasteiger partial charge in [-0.2, -0.15) is 0 Å². The quantitative estimate of drug-likeness (QED) is 0.483. The lowest BCUT2D eigenvalue weighted by molar-refractivity contribution is -0.125. The summed E-state index contributed by atoms with van der Waals surface area (Å²) in [6.07, 6.45) is 0.702. The third-order valence-electron chi connectivity index (χ3n) is 2.45. The van der Waals surface area contributed by atoms with Crippen molar-refractivity contribution in [2.75, 3.05) is 6.54 Å². The molecule has 17 heavy (non-hydrogen) atoms. The molecule has 1 saturated carbocycles. The Morgan fingerprint density at radius 1 is 1.59 bits per heavy atom. The Hall–Kier alpha value is -1.96. The van der Waals surface area contributed by atoms with Gasteiger partial charge in [0, 0.05) is 5.92 Å². The molecule has 1 atom stereocenters. The molecule has 1 heterocycles. The van der Waals surface area contributed by atoms with Crippen LogP contribution in [0, 0.1) is 0 Å². The number of nitrogens with zero attached hydrogens (tertiary/aromatic N) is 2. The summed E-state index contributed by atoms with van der Waals surface area (Å²) in [5, 5.41) is 17.8. The average molecular weight is 239 g/mol. The Morgan fingerprint density at radius 3 is 2.88 bits per heavy atom. The summed E-state index contributed by atoms with van der Waals surface area (Å²) in [4.78, 5) is 26.1. The van der Waals surface area contributed by atoms with E-state index < -0.39 is 17.9 Å². The van der Waals surface area contributed by atoms with Crippen molar-refractivity contribution in [1.29, 1.82) is 0 Å². The van der Waals surface area contributed by atoms with Crippen LogP contribution in [0.25, 0.3) is 0 Å². The van der Waals surface area contributed by atoms with E-state index in [2.05, 4.69) is 20.5 Å². The maximum Gasteiger partial charge on any atom is 0.291 e. The molecule has 5 N–H and O–H groups in total. The van der Waals surface area contributed by atoms with Crippen molar-refractivity contribution in [3.05, 3.63) is 11.6 Å². The first-order chi connectivity index (χ1) is 8.08. The van der Waals surface area contributed by atoms with E-state index in [0.29, 0.717) is 11.7 Å². The fourth-order valence-electron chi connectivity index (χ4n) is 1.28. The Kier molecular flexibility index (Phi) is 3.05. The highest BCUT2D eigenvalue weighted by Crippen LogP contribution is 2.37. The lowest BCUT2D eigenvalue weighted by atomic mass is 10.3. The molecular formula is C9H13N5O3. The second kappa shape index (κ2) is 4.50. The number of carbonyl (C=O) groups excluding carboxylic acids is 2. The van der Waals surface area contributed by atoms with Crippen molar-refractivity contribution in [3.63, 3.8) is 0 Å². The Labute approximate surface area is 96.6 Å². The van der Waals surface area contributed by atoms with Gasteiger partial charge < -0.3 is 16.2 Å². The van der Waals surface area contributed by atoms with Crippen LogP contribution in [0.2, 0.25) is 0 Å². The number of aliphatic hydroxyl groups excluding tert-OH is 1. The van der Waals surface area contributed by atoms with E-state index >= 15 is 0 Å². The molecule has 0 saturated heterocycles. The van der Waals surface area contributed by atoms with Gasteiger partial charge in [0.05, 0.1) is 6.54 Å². The number of hydrogen-bond acceptors (Lipinski definition) is 5. The molecule has 1 fully saturated rings. The number of nitrogens with one attached hydrogen (secondary N) is 2. The minimum absolute atomic E-state index is 0.00331. The molecule has 8 nitrogen and oxygen atoms in total. The van der Waals surface area contributed by atoms with Gasteiger partial charge in [0.2, 0.25) is 11.7 Å². The van der Waals surface area contributed by atoms with Gasteiger partial charge in [0.25, 0.3) is 5.91 Å². The number of aliphatic hydroxyl groups is 1. The van der Waals surface area contributed by atoms with Crippen molar-refractivity contribution in [2.24, 2.45) is 5.73 Å². The molecule has 1 aromatic heterocycles. The van der Waals surface area contributed by atoms with Crippen molar-refractivity contribution < 1.29 is 14.7 Å². The highest BCUT2D eigenvalue weighted by Gasteiger charge is 2.28. The zero-order valence-corrected chi connectivity index (χ0v) is 9.01. The number of H-pyrrole nitrogens is 1. The maximum absolute atomic E-state index is 11.5. The van der Waals surface area contributed by atoms with Crippen LogP contribution >= 0.6 is 0 Å². The monoisotopic (exact) mass is 239 g/mol. The molecule has 1 aromatic rings. The molecule has 0 aliphatic heterocycles. The molecule has 2 rings (SSSR count). The molecular weight excluding hydrogens is 226 g/mol.